The van der Waals surface area contributed by atoms with Crippen LogP contribution >= 0.6 is 0 Å². The van der Waals surface area contributed by atoms with E-state index in [-0.39, 0.29) is 22.0 Å². The highest BCUT2D eigenvalue weighted by Crippen LogP contribution is 2.29. The maximum Gasteiger partial charge on any atom is 0.339 e. The SMILES string of the molecule is CCNC(=O)[C@H](C)OC(=O)c1cccc(S(=O)(=O)Oc2ccccc2OCC)c1. The third-order valence-corrected chi connectivity index (χ3v) is 4.94. The number of para-hydroxylation sites is 2. The van der Waals surface area contributed by atoms with E-state index in [0.29, 0.717) is 13.2 Å². The van der Waals surface area contributed by atoms with Crippen molar-refractivity contribution in [3.8, 4) is 11.5 Å². The van der Waals surface area contributed by atoms with Crippen molar-refractivity contribution in [2.45, 2.75) is 31.8 Å². The van der Waals surface area contributed by atoms with E-state index in [0.717, 1.165) is 6.07 Å². The molecule has 8 nitrogen and oxygen atoms in total. The summed E-state index contributed by atoms with van der Waals surface area (Å²) in [6.45, 7) is 5.67. The third-order valence-electron chi connectivity index (χ3n) is 3.71. The number of nitrogens with one attached hydrogen (secondary N) is 1. The van der Waals surface area contributed by atoms with E-state index in [2.05, 4.69) is 5.32 Å². The average Bonchev–Trinajstić information content (AvgIpc) is 2.69. The van der Waals surface area contributed by atoms with Gasteiger partial charge in [0.25, 0.3) is 5.91 Å². The summed E-state index contributed by atoms with van der Waals surface area (Å²) >= 11 is 0. The maximum atomic E-state index is 12.7. The summed E-state index contributed by atoms with van der Waals surface area (Å²) in [5, 5.41) is 2.54. The quantitative estimate of drug-likeness (QED) is 0.490. The van der Waals surface area contributed by atoms with Gasteiger partial charge in [-0.2, -0.15) is 8.42 Å². The Kier molecular flexibility index (Phi) is 7.60. The number of hydrogen-bond acceptors (Lipinski definition) is 7. The van der Waals surface area contributed by atoms with Crippen molar-refractivity contribution < 1.29 is 31.7 Å². The van der Waals surface area contributed by atoms with Crippen molar-refractivity contribution in [2.24, 2.45) is 0 Å². The van der Waals surface area contributed by atoms with E-state index >= 15 is 0 Å². The van der Waals surface area contributed by atoms with Gasteiger partial charge in [0.2, 0.25) is 0 Å². The highest BCUT2D eigenvalue weighted by molar-refractivity contribution is 7.87. The van der Waals surface area contributed by atoms with Crippen LogP contribution in [0.2, 0.25) is 0 Å². The normalized spacial score (nSPS) is 12.0. The van der Waals surface area contributed by atoms with E-state index in [1.165, 1.54) is 31.2 Å². The predicted molar refractivity (Wildman–Crippen MR) is 105 cm³/mol. The molecule has 1 atom stereocenters. The summed E-state index contributed by atoms with van der Waals surface area (Å²) in [7, 11) is -4.23. The molecule has 0 saturated heterocycles. The van der Waals surface area contributed by atoms with Crippen LogP contribution in [0.3, 0.4) is 0 Å². The van der Waals surface area contributed by atoms with Crippen LogP contribution in [-0.4, -0.2) is 39.5 Å². The molecule has 0 radical (unpaired) electrons. The molecule has 2 rings (SSSR count). The molecule has 2 aromatic carbocycles. The average molecular weight is 421 g/mol. The Labute approximate surface area is 169 Å². The van der Waals surface area contributed by atoms with E-state index in [1.807, 2.05) is 0 Å². The third kappa shape index (κ3) is 5.95. The van der Waals surface area contributed by atoms with E-state index < -0.39 is 28.1 Å². The number of carbonyl (C=O) groups excluding carboxylic acids is 2. The van der Waals surface area contributed by atoms with Crippen molar-refractivity contribution in [1.82, 2.24) is 5.32 Å². The summed E-state index contributed by atoms with van der Waals surface area (Å²) in [6, 6.07) is 11.6. The van der Waals surface area contributed by atoms with Gasteiger partial charge in [-0.25, -0.2) is 4.79 Å². The maximum absolute atomic E-state index is 12.7. The summed E-state index contributed by atoms with van der Waals surface area (Å²) in [5.41, 5.74) is -0.0242. The first-order valence-corrected chi connectivity index (χ1v) is 10.4. The van der Waals surface area contributed by atoms with Gasteiger partial charge in [0, 0.05) is 6.54 Å². The van der Waals surface area contributed by atoms with E-state index in [4.69, 9.17) is 13.7 Å². The number of benzene rings is 2. The Bertz CT molecular complexity index is 972. The van der Waals surface area contributed by atoms with Crippen LogP contribution < -0.4 is 14.2 Å². The molecular weight excluding hydrogens is 398 g/mol. The molecule has 2 aromatic rings. The second kappa shape index (κ2) is 9.92. The lowest BCUT2D eigenvalue weighted by atomic mass is 10.2. The Morgan fingerprint density at radius 3 is 2.38 bits per heavy atom. The number of esters is 1. The fourth-order valence-electron chi connectivity index (χ4n) is 2.34. The molecule has 0 aliphatic carbocycles. The van der Waals surface area contributed by atoms with Crippen LogP contribution in [-0.2, 0) is 19.6 Å². The van der Waals surface area contributed by atoms with Crippen LogP contribution in [0.5, 0.6) is 11.5 Å². The first kappa shape index (κ1) is 22.2. The fraction of sp³-hybridized carbons (Fsp3) is 0.300. The Morgan fingerprint density at radius 2 is 1.72 bits per heavy atom. The molecule has 0 fully saturated rings. The minimum atomic E-state index is -4.23. The van der Waals surface area contributed by atoms with Gasteiger partial charge in [0.15, 0.2) is 17.6 Å². The largest absolute Gasteiger partial charge is 0.490 e. The smallest absolute Gasteiger partial charge is 0.339 e. The number of hydrogen-bond donors (Lipinski definition) is 1. The van der Waals surface area contributed by atoms with Gasteiger partial charge in [0.1, 0.15) is 4.90 Å². The molecule has 0 saturated carbocycles. The molecular formula is C20H23NO7S. The van der Waals surface area contributed by atoms with Crippen molar-refractivity contribution >= 4 is 22.0 Å². The first-order valence-electron chi connectivity index (χ1n) is 9.03. The van der Waals surface area contributed by atoms with Gasteiger partial charge in [-0.05, 0) is 51.1 Å². The summed E-state index contributed by atoms with van der Waals surface area (Å²) in [5.74, 6) is -0.951. The summed E-state index contributed by atoms with van der Waals surface area (Å²) < 4.78 is 40.9. The monoisotopic (exact) mass is 421 g/mol. The second-order valence-electron chi connectivity index (χ2n) is 5.89. The van der Waals surface area contributed by atoms with Crippen LogP contribution in [0.4, 0.5) is 0 Å². The van der Waals surface area contributed by atoms with Crippen LogP contribution in [0.15, 0.2) is 53.4 Å². The summed E-state index contributed by atoms with van der Waals surface area (Å²) in [6.07, 6.45) is -1.02. The molecule has 1 N–H and O–H groups in total. The number of carbonyl (C=O) groups is 2. The molecule has 0 unspecified atom stereocenters. The Morgan fingerprint density at radius 1 is 1.03 bits per heavy atom. The molecule has 29 heavy (non-hydrogen) atoms. The second-order valence-corrected chi connectivity index (χ2v) is 7.43. The summed E-state index contributed by atoms with van der Waals surface area (Å²) in [4.78, 5) is 23.8. The predicted octanol–water partition coefficient (Wildman–Crippen LogP) is 2.53. The Balaban J connectivity index is 2.21. The van der Waals surface area contributed by atoms with Crippen LogP contribution in [0.1, 0.15) is 31.1 Å². The topological polar surface area (TPSA) is 108 Å². The zero-order valence-electron chi connectivity index (χ0n) is 16.4. The Hall–Kier alpha value is -3.07. The van der Waals surface area contributed by atoms with E-state index in [1.54, 1.807) is 32.0 Å². The molecule has 0 bridgehead atoms. The standard InChI is InChI=1S/C20H23NO7S/c1-4-21-19(22)14(3)27-20(23)15-9-8-10-16(13-15)29(24,25)28-18-12-7-6-11-17(18)26-5-2/h6-14H,4-5H2,1-3H3,(H,21,22)/t14-/m0/s1. The molecule has 1 amide bonds. The highest BCUT2D eigenvalue weighted by Gasteiger charge is 2.23. The van der Waals surface area contributed by atoms with Crippen molar-refractivity contribution in [3.63, 3.8) is 0 Å². The molecule has 0 heterocycles. The zero-order chi connectivity index (χ0) is 21.4. The lowest BCUT2D eigenvalue weighted by Crippen LogP contribution is -2.35. The van der Waals surface area contributed by atoms with Gasteiger partial charge in [-0.1, -0.05) is 18.2 Å². The van der Waals surface area contributed by atoms with Gasteiger partial charge >= 0.3 is 16.1 Å². The lowest BCUT2D eigenvalue weighted by molar-refractivity contribution is -0.128. The van der Waals surface area contributed by atoms with Crippen molar-refractivity contribution in [2.75, 3.05) is 13.2 Å². The molecule has 0 aromatic heterocycles. The number of amides is 1. The minimum absolute atomic E-state index is 0.0242. The molecule has 156 valence electrons. The number of rotatable bonds is 9. The molecule has 9 heteroatoms. The highest BCUT2D eigenvalue weighted by atomic mass is 32.2. The van der Waals surface area contributed by atoms with Gasteiger partial charge in [-0.15, -0.1) is 0 Å². The van der Waals surface area contributed by atoms with Gasteiger partial charge in [-0.3, -0.25) is 4.79 Å². The van der Waals surface area contributed by atoms with Crippen molar-refractivity contribution in [3.05, 3.63) is 54.1 Å². The fourth-order valence-corrected chi connectivity index (χ4v) is 3.33. The van der Waals surface area contributed by atoms with E-state index in [9.17, 15) is 18.0 Å². The molecule has 0 aliphatic rings. The zero-order valence-corrected chi connectivity index (χ0v) is 17.2. The lowest BCUT2D eigenvalue weighted by Gasteiger charge is -2.14. The number of likely N-dealkylation sites (N-methyl/N-ethyl adjacent to an activating group) is 1. The van der Waals surface area contributed by atoms with Crippen LogP contribution in [0.25, 0.3) is 0 Å². The van der Waals surface area contributed by atoms with Crippen molar-refractivity contribution in [1.29, 1.82) is 0 Å². The van der Waals surface area contributed by atoms with Gasteiger partial charge < -0.3 is 19.0 Å². The molecule has 0 aliphatic heterocycles. The minimum Gasteiger partial charge on any atom is -0.490 e. The van der Waals surface area contributed by atoms with Crippen LogP contribution in [0, 0.1) is 0 Å². The first-order chi connectivity index (χ1) is 13.8. The number of ether oxygens (including phenoxy) is 2. The molecule has 0 spiro atoms. The van der Waals surface area contributed by atoms with Gasteiger partial charge in [0.05, 0.1) is 12.2 Å².